The van der Waals surface area contributed by atoms with E-state index in [9.17, 15) is 8.42 Å². The highest BCUT2D eigenvalue weighted by atomic mass is 32.3. The lowest BCUT2D eigenvalue weighted by Crippen LogP contribution is -2.01. The molecule has 1 aromatic rings. The molecule has 0 bridgehead atoms. The van der Waals surface area contributed by atoms with Crippen LogP contribution in [-0.4, -0.2) is 19.9 Å². The second-order valence-electron chi connectivity index (χ2n) is 3.31. The highest BCUT2D eigenvalue weighted by molar-refractivity contribution is 8.21. The molecule has 0 unspecified atom stereocenters. The van der Waals surface area contributed by atoms with E-state index in [1.54, 1.807) is 24.3 Å². The predicted molar refractivity (Wildman–Crippen MR) is 65.2 cm³/mol. The van der Waals surface area contributed by atoms with Crippen molar-refractivity contribution in [2.75, 3.05) is 11.5 Å². The Morgan fingerprint density at radius 2 is 2.00 bits per heavy atom. The number of benzene rings is 1. The van der Waals surface area contributed by atoms with Crippen LogP contribution in [-0.2, 0) is 9.84 Å². The molecule has 0 N–H and O–H groups in total. The summed E-state index contributed by atoms with van der Waals surface area (Å²) < 4.78 is 23.6. The number of thioether (sulfide) groups is 1. The first kappa shape index (κ1) is 11.2. The Morgan fingerprint density at radius 3 is 2.50 bits per heavy atom. The molecule has 1 aliphatic rings. The van der Waals surface area contributed by atoms with Crippen molar-refractivity contribution in [3.8, 4) is 6.07 Å². The summed E-state index contributed by atoms with van der Waals surface area (Å²) in [5, 5.41) is 9.09. The number of sulfone groups is 1. The van der Waals surface area contributed by atoms with Gasteiger partial charge in [-0.1, -0.05) is 30.3 Å². The molecule has 0 saturated carbocycles. The highest BCUT2D eigenvalue weighted by Crippen LogP contribution is 2.36. The minimum absolute atomic E-state index is 0.130. The van der Waals surface area contributed by atoms with Gasteiger partial charge in [0.05, 0.1) is 11.3 Å². The third-order valence-corrected chi connectivity index (χ3v) is 6.01. The van der Waals surface area contributed by atoms with Crippen LogP contribution >= 0.6 is 11.8 Å². The van der Waals surface area contributed by atoms with Crippen molar-refractivity contribution in [2.45, 2.75) is 0 Å². The molecule has 1 aliphatic heterocycles. The number of nitrogens with zero attached hydrogens (tertiary/aromatic N) is 1. The standard InChI is InChI=1S/C11H9NO2S2/c12-8-10(9-4-2-1-3-5-9)11-15-6-7-16(11,13)14/h1-5H,6-7H2/b11-10+. The van der Waals surface area contributed by atoms with E-state index in [0.717, 1.165) is 0 Å². The fourth-order valence-electron chi connectivity index (χ4n) is 1.49. The van der Waals surface area contributed by atoms with Gasteiger partial charge in [-0.25, -0.2) is 8.42 Å². The van der Waals surface area contributed by atoms with E-state index >= 15 is 0 Å². The number of hydrogen-bond acceptors (Lipinski definition) is 4. The summed E-state index contributed by atoms with van der Waals surface area (Å²) in [5.41, 5.74) is 0.932. The highest BCUT2D eigenvalue weighted by Gasteiger charge is 2.29. The van der Waals surface area contributed by atoms with Crippen molar-refractivity contribution in [3.05, 3.63) is 40.1 Å². The third-order valence-electron chi connectivity index (χ3n) is 2.25. The van der Waals surface area contributed by atoms with Crippen molar-refractivity contribution in [1.82, 2.24) is 0 Å². The Balaban J connectivity index is 2.61. The van der Waals surface area contributed by atoms with Crippen molar-refractivity contribution in [2.24, 2.45) is 0 Å². The molecule has 0 amide bonds. The molecule has 3 nitrogen and oxygen atoms in total. The van der Waals surface area contributed by atoms with Gasteiger partial charge in [-0.2, -0.15) is 5.26 Å². The largest absolute Gasteiger partial charge is 0.223 e. The van der Waals surface area contributed by atoms with Crippen molar-refractivity contribution < 1.29 is 8.42 Å². The number of rotatable bonds is 1. The molecule has 2 rings (SSSR count). The zero-order chi connectivity index (χ0) is 11.6. The van der Waals surface area contributed by atoms with Crippen molar-refractivity contribution in [3.63, 3.8) is 0 Å². The van der Waals surface area contributed by atoms with Gasteiger partial charge >= 0.3 is 0 Å². The molecular weight excluding hydrogens is 242 g/mol. The molecular formula is C11H9NO2S2. The predicted octanol–water partition coefficient (Wildman–Crippen LogP) is 2.04. The molecule has 1 fully saturated rings. The smallest absolute Gasteiger partial charge is 0.186 e. The van der Waals surface area contributed by atoms with E-state index in [1.807, 2.05) is 12.1 Å². The number of hydrogen-bond donors (Lipinski definition) is 0. The van der Waals surface area contributed by atoms with E-state index < -0.39 is 9.84 Å². The second-order valence-corrected chi connectivity index (χ2v) is 6.72. The fraction of sp³-hybridized carbons (Fsp3) is 0.182. The summed E-state index contributed by atoms with van der Waals surface area (Å²) in [5.74, 6) is 0.667. The molecule has 0 aromatic heterocycles. The first-order valence-electron chi connectivity index (χ1n) is 4.70. The zero-order valence-corrected chi connectivity index (χ0v) is 10.0. The Bertz CT molecular complexity index is 568. The fourth-order valence-corrected chi connectivity index (χ4v) is 5.07. The molecule has 0 atom stereocenters. The van der Waals surface area contributed by atoms with Gasteiger partial charge in [-0.15, -0.1) is 11.8 Å². The SMILES string of the molecule is N#C/C(=C1/SCCS1(=O)=O)c1ccccc1. The summed E-state index contributed by atoms with van der Waals surface area (Å²) in [4.78, 5) is 0. The first-order chi connectivity index (χ1) is 7.65. The average Bonchev–Trinajstić information content (AvgIpc) is 2.62. The monoisotopic (exact) mass is 251 g/mol. The summed E-state index contributed by atoms with van der Waals surface area (Å²) in [6.07, 6.45) is 0. The van der Waals surface area contributed by atoms with Gasteiger partial charge in [0.15, 0.2) is 9.84 Å². The lowest BCUT2D eigenvalue weighted by atomic mass is 10.1. The normalized spacial score (nSPS) is 21.4. The first-order valence-corrected chi connectivity index (χ1v) is 7.34. The van der Waals surface area contributed by atoms with Crippen LogP contribution in [0.5, 0.6) is 0 Å². The number of nitriles is 1. The molecule has 0 radical (unpaired) electrons. The van der Waals surface area contributed by atoms with E-state index in [-0.39, 0.29) is 15.6 Å². The molecule has 0 aliphatic carbocycles. The summed E-state index contributed by atoms with van der Waals surface area (Å²) in [6.45, 7) is 0. The molecule has 1 heterocycles. The molecule has 1 saturated heterocycles. The lowest BCUT2D eigenvalue weighted by Gasteiger charge is -2.02. The Morgan fingerprint density at radius 1 is 1.31 bits per heavy atom. The average molecular weight is 251 g/mol. The summed E-state index contributed by atoms with van der Waals surface area (Å²) in [6, 6.07) is 10.9. The Hall–Kier alpha value is -1.25. The van der Waals surface area contributed by atoms with Gasteiger partial charge in [0.1, 0.15) is 10.3 Å². The van der Waals surface area contributed by atoms with Gasteiger partial charge in [0.25, 0.3) is 0 Å². The molecule has 0 spiro atoms. The van der Waals surface area contributed by atoms with E-state index in [4.69, 9.17) is 5.26 Å². The minimum Gasteiger partial charge on any atom is -0.223 e. The van der Waals surface area contributed by atoms with Gasteiger partial charge in [0, 0.05) is 5.75 Å². The van der Waals surface area contributed by atoms with Gasteiger partial charge in [0.2, 0.25) is 0 Å². The van der Waals surface area contributed by atoms with Crippen LogP contribution in [0.2, 0.25) is 0 Å². The maximum atomic E-state index is 11.7. The van der Waals surface area contributed by atoms with Crippen LogP contribution in [0.25, 0.3) is 5.57 Å². The van der Waals surface area contributed by atoms with Crippen LogP contribution in [0.15, 0.2) is 34.6 Å². The number of allylic oxidation sites excluding steroid dienone is 1. The van der Waals surface area contributed by atoms with E-state index in [2.05, 4.69) is 0 Å². The van der Waals surface area contributed by atoms with Crippen LogP contribution in [0.1, 0.15) is 5.56 Å². The lowest BCUT2D eigenvalue weighted by molar-refractivity contribution is 0.606. The Labute approximate surface area is 98.7 Å². The van der Waals surface area contributed by atoms with Gasteiger partial charge in [-0.3, -0.25) is 0 Å². The third kappa shape index (κ3) is 1.99. The van der Waals surface area contributed by atoms with E-state index in [1.165, 1.54) is 11.8 Å². The van der Waals surface area contributed by atoms with Crippen molar-refractivity contribution in [1.29, 1.82) is 5.26 Å². The van der Waals surface area contributed by atoms with Crippen LogP contribution in [0.4, 0.5) is 0 Å². The van der Waals surface area contributed by atoms with E-state index in [0.29, 0.717) is 11.3 Å². The molecule has 82 valence electrons. The topological polar surface area (TPSA) is 57.9 Å². The van der Waals surface area contributed by atoms with Gasteiger partial charge < -0.3 is 0 Å². The van der Waals surface area contributed by atoms with Gasteiger partial charge in [-0.05, 0) is 5.56 Å². The van der Waals surface area contributed by atoms with Crippen molar-refractivity contribution >= 4 is 27.2 Å². The Kier molecular flexibility index (Phi) is 3.03. The molecule has 5 heteroatoms. The maximum Gasteiger partial charge on any atom is 0.186 e. The minimum atomic E-state index is -3.23. The summed E-state index contributed by atoms with van der Waals surface area (Å²) in [7, 11) is -3.23. The van der Waals surface area contributed by atoms with Crippen LogP contribution < -0.4 is 0 Å². The zero-order valence-electron chi connectivity index (χ0n) is 8.38. The summed E-state index contributed by atoms with van der Waals surface area (Å²) >= 11 is 1.25. The molecule has 16 heavy (non-hydrogen) atoms. The second kappa shape index (κ2) is 4.32. The maximum absolute atomic E-state index is 11.7. The molecule has 1 aromatic carbocycles. The quantitative estimate of drug-likeness (QED) is 0.717. The van der Waals surface area contributed by atoms with Crippen LogP contribution in [0, 0.1) is 11.3 Å². The van der Waals surface area contributed by atoms with Crippen LogP contribution in [0.3, 0.4) is 0 Å².